The third-order valence-corrected chi connectivity index (χ3v) is 12.9. The zero-order chi connectivity index (χ0) is 23.3. The van der Waals surface area contributed by atoms with E-state index < -0.39 is 0 Å². The first-order chi connectivity index (χ1) is 15.8. The van der Waals surface area contributed by atoms with Crippen molar-refractivity contribution in [3.05, 3.63) is 0 Å². The van der Waals surface area contributed by atoms with E-state index in [-0.39, 0.29) is 5.60 Å². The number of ether oxygens (including phenoxy) is 1. The molecule has 190 valence electrons. The Hall–Kier alpha value is -0.0800. The Balaban J connectivity index is 1.22. The van der Waals surface area contributed by atoms with Gasteiger partial charge in [-0.1, -0.05) is 47.0 Å². The van der Waals surface area contributed by atoms with Gasteiger partial charge in [-0.2, -0.15) is 0 Å². The molecule has 5 aliphatic rings. The Labute approximate surface area is 205 Å². The van der Waals surface area contributed by atoms with Crippen LogP contribution in [0.1, 0.15) is 124 Å². The second-order valence-corrected chi connectivity index (χ2v) is 14.1. The number of aliphatic hydroxyl groups is 1. The second kappa shape index (κ2) is 9.42. The average Bonchev–Trinajstić information content (AvgIpc) is 3.17. The van der Waals surface area contributed by atoms with Crippen LogP contribution in [0, 0.1) is 52.3 Å². The molecule has 5 fully saturated rings. The van der Waals surface area contributed by atoms with E-state index in [0.717, 1.165) is 73.9 Å². The SMILES string of the molecule is CC[C@]1(O)CC[C@@]2(C)[C@@H](CC[C@@H]3[C@@H]2CC[C@]2(C)[C@@H]([C@H](C)CCCC4CCOCC4)CC[C@@H]32)C1. The Bertz CT molecular complexity index is 670. The Morgan fingerprint density at radius 2 is 1.64 bits per heavy atom. The summed E-state index contributed by atoms with van der Waals surface area (Å²) in [7, 11) is 0. The Kier molecular flexibility index (Phi) is 7.02. The molecule has 5 rings (SSSR count). The molecule has 2 nitrogen and oxygen atoms in total. The van der Waals surface area contributed by atoms with Gasteiger partial charge in [0.1, 0.15) is 0 Å². The van der Waals surface area contributed by atoms with Crippen LogP contribution in [0.4, 0.5) is 0 Å². The summed E-state index contributed by atoms with van der Waals surface area (Å²) in [5.41, 5.74) is 0.735. The number of hydrogen-bond acceptors (Lipinski definition) is 2. The van der Waals surface area contributed by atoms with E-state index in [1.165, 1.54) is 77.0 Å². The molecule has 0 amide bonds. The summed E-state index contributed by atoms with van der Waals surface area (Å²) in [4.78, 5) is 0. The van der Waals surface area contributed by atoms with Crippen molar-refractivity contribution in [2.45, 2.75) is 130 Å². The van der Waals surface area contributed by atoms with E-state index in [1.54, 1.807) is 0 Å². The monoisotopic (exact) mass is 458 g/mol. The van der Waals surface area contributed by atoms with Crippen molar-refractivity contribution < 1.29 is 9.84 Å². The highest BCUT2D eigenvalue weighted by molar-refractivity contribution is 5.10. The molecule has 2 heteroatoms. The van der Waals surface area contributed by atoms with Gasteiger partial charge in [0, 0.05) is 13.2 Å². The number of fused-ring (bicyclic) bond motifs is 5. The van der Waals surface area contributed by atoms with Gasteiger partial charge >= 0.3 is 0 Å². The van der Waals surface area contributed by atoms with Crippen LogP contribution in [-0.2, 0) is 4.74 Å². The first-order valence-electron chi connectivity index (χ1n) is 15.1. The van der Waals surface area contributed by atoms with Crippen molar-refractivity contribution >= 4 is 0 Å². The summed E-state index contributed by atoms with van der Waals surface area (Å²) in [5.74, 6) is 6.44. The van der Waals surface area contributed by atoms with Crippen LogP contribution < -0.4 is 0 Å². The van der Waals surface area contributed by atoms with Gasteiger partial charge in [-0.15, -0.1) is 0 Å². The van der Waals surface area contributed by atoms with Crippen LogP contribution in [-0.4, -0.2) is 23.9 Å². The van der Waals surface area contributed by atoms with Gasteiger partial charge in [-0.3, -0.25) is 0 Å². The van der Waals surface area contributed by atoms with Crippen molar-refractivity contribution in [3.63, 3.8) is 0 Å². The summed E-state index contributed by atoms with van der Waals surface area (Å²) in [6.45, 7) is 12.2. The largest absolute Gasteiger partial charge is 0.390 e. The normalized spacial score (nSPS) is 49.2. The van der Waals surface area contributed by atoms with Crippen LogP contribution in [0.25, 0.3) is 0 Å². The van der Waals surface area contributed by atoms with Crippen LogP contribution in [0.3, 0.4) is 0 Å². The molecular formula is C31H54O2. The van der Waals surface area contributed by atoms with Crippen molar-refractivity contribution in [3.8, 4) is 0 Å². The zero-order valence-corrected chi connectivity index (χ0v) is 22.4. The standard InChI is InChI=1S/C31H54O2/c1-5-31(32)18-17-29(3)24(21-31)9-10-25-27-12-11-26(30(27,4)16-13-28(25)29)22(2)7-6-8-23-14-19-33-20-15-23/h22-28,32H,5-21H2,1-4H3/t22-,24+,25+,26-,27+,28+,29+,30-,31+/m1/s1. The maximum Gasteiger partial charge on any atom is 0.0648 e. The molecular weight excluding hydrogens is 404 g/mol. The fraction of sp³-hybridized carbons (Fsp3) is 1.00. The smallest absolute Gasteiger partial charge is 0.0648 e. The summed E-state index contributed by atoms with van der Waals surface area (Å²) in [6.07, 6.45) is 20.1. The molecule has 33 heavy (non-hydrogen) atoms. The highest BCUT2D eigenvalue weighted by Gasteiger charge is 2.61. The molecule has 4 aliphatic carbocycles. The molecule has 0 aromatic heterocycles. The molecule has 0 aromatic carbocycles. The molecule has 1 heterocycles. The minimum absolute atomic E-state index is 0.362. The van der Waals surface area contributed by atoms with E-state index in [4.69, 9.17) is 4.74 Å². The van der Waals surface area contributed by atoms with Crippen LogP contribution >= 0.6 is 0 Å². The van der Waals surface area contributed by atoms with E-state index in [0.29, 0.717) is 10.8 Å². The fourth-order valence-corrected chi connectivity index (χ4v) is 10.6. The lowest BCUT2D eigenvalue weighted by Gasteiger charge is -2.62. The topological polar surface area (TPSA) is 29.5 Å². The van der Waals surface area contributed by atoms with E-state index >= 15 is 0 Å². The molecule has 0 unspecified atom stereocenters. The van der Waals surface area contributed by atoms with Gasteiger partial charge in [-0.05, 0) is 129 Å². The van der Waals surface area contributed by atoms with Gasteiger partial charge in [0.2, 0.25) is 0 Å². The number of rotatable bonds is 6. The lowest BCUT2D eigenvalue weighted by atomic mass is 9.43. The first-order valence-corrected chi connectivity index (χ1v) is 15.1. The van der Waals surface area contributed by atoms with Crippen molar-refractivity contribution in [2.75, 3.05) is 13.2 Å². The quantitative estimate of drug-likeness (QED) is 0.436. The second-order valence-electron chi connectivity index (χ2n) is 14.1. The zero-order valence-electron chi connectivity index (χ0n) is 22.4. The van der Waals surface area contributed by atoms with Gasteiger partial charge in [0.25, 0.3) is 0 Å². The molecule has 1 saturated heterocycles. The van der Waals surface area contributed by atoms with Gasteiger partial charge in [-0.25, -0.2) is 0 Å². The molecule has 1 aliphatic heterocycles. The van der Waals surface area contributed by atoms with Crippen molar-refractivity contribution in [2.24, 2.45) is 52.3 Å². The lowest BCUT2D eigenvalue weighted by Crippen LogP contribution is -2.56. The predicted molar refractivity (Wildman–Crippen MR) is 137 cm³/mol. The van der Waals surface area contributed by atoms with Gasteiger partial charge < -0.3 is 9.84 Å². The Morgan fingerprint density at radius 3 is 2.39 bits per heavy atom. The maximum absolute atomic E-state index is 11.1. The molecule has 9 atom stereocenters. The summed E-state index contributed by atoms with van der Waals surface area (Å²) >= 11 is 0. The molecule has 4 saturated carbocycles. The molecule has 1 N–H and O–H groups in total. The Morgan fingerprint density at radius 1 is 0.879 bits per heavy atom. The minimum Gasteiger partial charge on any atom is -0.390 e. The van der Waals surface area contributed by atoms with E-state index in [9.17, 15) is 5.11 Å². The summed E-state index contributed by atoms with van der Waals surface area (Å²) < 4.78 is 5.57. The molecule has 0 bridgehead atoms. The van der Waals surface area contributed by atoms with Crippen LogP contribution in [0.15, 0.2) is 0 Å². The van der Waals surface area contributed by atoms with Gasteiger partial charge in [0.05, 0.1) is 5.60 Å². The fourth-order valence-electron chi connectivity index (χ4n) is 10.6. The number of hydrogen-bond donors (Lipinski definition) is 1. The maximum atomic E-state index is 11.1. The molecule has 0 radical (unpaired) electrons. The van der Waals surface area contributed by atoms with Gasteiger partial charge in [0.15, 0.2) is 0 Å². The van der Waals surface area contributed by atoms with E-state index in [1.807, 2.05) is 0 Å². The minimum atomic E-state index is -0.362. The summed E-state index contributed by atoms with van der Waals surface area (Å²) in [5, 5.41) is 11.1. The average molecular weight is 459 g/mol. The first kappa shape index (κ1) is 24.6. The molecule has 0 spiro atoms. The lowest BCUT2D eigenvalue weighted by molar-refractivity contribution is -0.152. The predicted octanol–water partition coefficient (Wildman–Crippen LogP) is 8.02. The molecule has 0 aromatic rings. The third kappa shape index (κ3) is 4.36. The summed E-state index contributed by atoms with van der Waals surface area (Å²) in [6, 6.07) is 0. The van der Waals surface area contributed by atoms with E-state index in [2.05, 4.69) is 27.7 Å². The van der Waals surface area contributed by atoms with Crippen molar-refractivity contribution in [1.82, 2.24) is 0 Å². The highest BCUT2D eigenvalue weighted by Crippen LogP contribution is 2.69. The highest BCUT2D eigenvalue weighted by atomic mass is 16.5. The third-order valence-electron chi connectivity index (χ3n) is 12.9. The van der Waals surface area contributed by atoms with Crippen molar-refractivity contribution in [1.29, 1.82) is 0 Å². The van der Waals surface area contributed by atoms with Crippen LogP contribution in [0.5, 0.6) is 0 Å². The van der Waals surface area contributed by atoms with Crippen LogP contribution in [0.2, 0.25) is 0 Å².